The maximum absolute atomic E-state index is 5.23. The molecular weight excluding hydrogens is 218 g/mol. The molecule has 3 heteroatoms. The van der Waals surface area contributed by atoms with Crippen LogP contribution >= 0.6 is 11.8 Å². The highest BCUT2D eigenvalue weighted by atomic mass is 32.2. The molecular formula is C13H21NOS. The van der Waals surface area contributed by atoms with Crippen molar-refractivity contribution in [3.05, 3.63) is 29.8 Å². The van der Waals surface area contributed by atoms with Gasteiger partial charge in [0.1, 0.15) is 5.75 Å². The molecule has 0 spiro atoms. The van der Waals surface area contributed by atoms with Crippen LogP contribution in [0.4, 0.5) is 0 Å². The molecule has 0 aliphatic heterocycles. The summed E-state index contributed by atoms with van der Waals surface area (Å²) in [6, 6.07) is 8.86. The van der Waals surface area contributed by atoms with Gasteiger partial charge in [0, 0.05) is 11.8 Å². The zero-order valence-electron chi connectivity index (χ0n) is 10.3. The molecule has 90 valence electrons. The number of likely N-dealkylation sites (N-methyl/N-ethyl adjacent to an activating group) is 1. The van der Waals surface area contributed by atoms with Crippen molar-refractivity contribution < 1.29 is 4.74 Å². The Balaban J connectivity index is 2.60. The molecule has 1 rings (SSSR count). The van der Waals surface area contributed by atoms with E-state index in [1.165, 1.54) is 5.56 Å². The zero-order chi connectivity index (χ0) is 11.8. The fraction of sp³-hybridized carbons (Fsp3) is 0.538. The smallest absolute Gasteiger partial charge is 0.119 e. The van der Waals surface area contributed by atoms with E-state index in [4.69, 9.17) is 4.74 Å². The maximum atomic E-state index is 5.23. The summed E-state index contributed by atoms with van der Waals surface area (Å²) in [5.41, 5.74) is 1.33. The zero-order valence-corrected chi connectivity index (χ0v) is 11.1. The molecule has 0 amide bonds. The number of thioether (sulfide) groups is 1. The Labute approximate surface area is 103 Å². The number of hydrogen-bond donors (Lipinski definition) is 1. The van der Waals surface area contributed by atoms with Crippen molar-refractivity contribution in [2.75, 3.05) is 25.7 Å². The topological polar surface area (TPSA) is 21.3 Å². The minimum absolute atomic E-state index is 0.548. The van der Waals surface area contributed by atoms with Gasteiger partial charge in [0.15, 0.2) is 0 Å². The summed E-state index contributed by atoms with van der Waals surface area (Å²) in [6.07, 6.45) is 3.21. The minimum atomic E-state index is 0.548. The van der Waals surface area contributed by atoms with Gasteiger partial charge in [-0.25, -0.2) is 0 Å². The number of methoxy groups -OCH3 is 1. The van der Waals surface area contributed by atoms with E-state index in [0.717, 1.165) is 24.5 Å². The number of rotatable bonds is 7. The van der Waals surface area contributed by atoms with E-state index in [9.17, 15) is 0 Å². The first-order chi connectivity index (χ1) is 7.80. The molecule has 16 heavy (non-hydrogen) atoms. The van der Waals surface area contributed by atoms with Gasteiger partial charge in [0.05, 0.1) is 7.11 Å². The summed E-state index contributed by atoms with van der Waals surface area (Å²) in [5, 5.41) is 3.51. The van der Waals surface area contributed by atoms with E-state index in [1.54, 1.807) is 7.11 Å². The molecule has 1 N–H and O–H groups in total. The Bertz CT molecular complexity index is 298. The van der Waals surface area contributed by atoms with Gasteiger partial charge in [0.2, 0.25) is 0 Å². The second-order valence-electron chi connectivity index (χ2n) is 3.77. The Morgan fingerprint density at radius 3 is 2.88 bits per heavy atom. The molecule has 0 saturated carbocycles. The van der Waals surface area contributed by atoms with E-state index >= 15 is 0 Å². The fourth-order valence-corrected chi connectivity index (χ4v) is 2.40. The van der Waals surface area contributed by atoms with Gasteiger partial charge in [-0.3, -0.25) is 0 Å². The molecule has 0 aromatic heterocycles. The van der Waals surface area contributed by atoms with Gasteiger partial charge in [-0.1, -0.05) is 19.1 Å². The molecule has 2 nitrogen and oxygen atoms in total. The van der Waals surface area contributed by atoms with Crippen LogP contribution in [0, 0.1) is 0 Å². The van der Waals surface area contributed by atoms with Gasteiger partial charge in [0.25, 0.3) is 0 Å². The lowest BCUT2D eigenvalue weighted by molar-refractivity contribution is 0.414. The summed E-state index contributed by atoms with van der Waals surface area (Å²) < 4.78 is 5.23. The highest BCUT2D eigenvalue weighted by Gasteiger charge is 2.07. The Morgan fingerprint density at radius 2 is 2.25 bits per heavy atom. The van der Waals surface area contributed by atoms with Crippen LogP contribution in [-0.4, -0.2) is 31.7 Å². The van der Waals surface area contributed by atoms with E-state index in [1.807, 2.05) is 17.8 Å². The van der Waals surface area contributed by atoms with Gasteiger partial charge < -0.3 is 10.1 Å². The Hall–Kier alpha value is -0.670. The molecule has 0 radical (unpaired) electrons. The highest BCUT2D eigenvalue weighted by Crippen LogP contribution is 2.15. The van der Waals surface area contributed by atoms with Crippen molar-refractivity contribution in [3.8, 4) is 5.75 Å². The standard InChI is InChI=1S/C13H21NOS/c1-4-14-12(10-16-3)8-11-6-5-7-13(9-11)15-2/h5-7,9,12,14H,4,8,10H2,1-3H3. The van der Waals surface area contributed by atoms with Crippen LogP contribution < -0.4 is 10.1 Å². The predicted molar refractivity (Wildman–Crippen MR) is 72.5 cm³/mol. The monoisotopic (exact) mass is 239 g/mol. The first-order valence-corrected chi connectivity index (χ1v) is 7.04. The third-order valence-corrected chi connectivity index (χ3v) is 3.21. The quantitative estimate of drug-likeness (QED) is 0.790. The summed E-state index contributed by atoms with van der Waals surface area (Å²) in [4.78, 5) is 0. The van der Waals surface area contributed by atoms with Crippen molar-refractivity contribution in [3.63, 3.8) is 0 Å². The van der Waals surface area contributed by atoms with Crippen LogP contribution in [0.1, 0.15) is 12.5 Å². The molecule has 1 aromatic rings. The third kappa shape index (κ3) is 4.45. The van der Waals surface area contributed by atoms with Gasteiger partial charge >= 0.3 is 0 Å². The second kappa shape index (κ2) is 7.58. The van der Waals surface area contributed by atoms with Crippen molar-refractivity contribution in [2.45, 2.75) is 19.4 Å². The van der Waals surface area contributed by atoms with Crippen LogP contribution in [-0.2, 0) is 6.42 Å². The van der Waals surface area contributed by atoms with Crippen molar-refractivity contribution >= 4 is 11.8 Å². The van der Waals surface area contributed by atoms with Crippen molar-refractivity contribution in [1.29, 1.82) is 0 Å². The molecule has 0 heterocycles. The van der Waals surface area contributed by atoms with Crippen LogP contribution in [0.15, 0.2) is 24.3 Å². The molecule has 1 unspecified atom stereocenters. The highest BCUT2D eigenvalue weighted by molar-refractivity contribution is 7.98. The maximum Gasteiger partial charge on any atom is 0.119 e. The lowest BCUT2D eigenvalue weighted by atomic mass is 10.1. The van der Waals surface area contributed by atoms with Crippen molar-refractivity contribution in [1.82, 2.24) is 5.32 Å². The second-order valence-corrected chi connectivity index (χ2v) is 4.68. The SMILES string of the molecule is CCNC(CSC)Cc1cccc(OC)c1. The summed E-state index contributed by atoms with van der Waals surface area (Å²) in [6.45, 7) is 3.17. The molecule has 1 atom stereocenters. The number of benzene rings is 1. The summed E-state index contributed by atoms with van der Waals surface area (Å²) >= 11 is 1.89. The fourth-order valence-electron chi connectivity index (χ4n) is 1.76. The first kappa shape index (κ1) is 13.4. The third-order valence-electron chi connectivity index (χ3n) is 2.48. The van der Waals surface area contributed by atoms with E-state index in [-0.39, 0.29) is 0 Å². The van der Waals surface area contributed by atoms with Crippen molar-refractivity contribution in [2.24, 2.45) is 0 Å². The number of ether oxygens (including phenoxy) is 1. The normalized spacial score (nSPS) is 12.4. The molecule has 0 bridgehead atoms. The summed E-state index contributed by atoms with van der Waals surface area (Å²) in [7, 11) is 1.71. The largest absolute Gasteiger partial charge is 0.497 e. The average Bonchev–Trinajstić information content (AvgIpc) is 2.30. The van der Waals surface area contributed by atoms with Gasteiger partial charge in [-0.05, 0) is 36.9 Å². The van der Waals surface area contributed by atoms with Crippen LogP contribution in [0.5, 0.6) is 5.75 Å². The first-order valence-electron chi connectivity index (χ1n) is 5.65. The van der Waals surface area contributed by atoms with Gasteiger partial charge in [-0.15, -0.1) is 0 Å². The predicted octanol–water partition coefficient (Wildman–Crippen LogP) is 2.58. The number of nitrogens with one attached hydrogen (secondary N) is 1. The van der Waals surface area contributed by atoms with E-state index in [2.05, 4.69) is 36.7 Å². The Kier molecular flexibility index (Phi) is 6.34. The molecule has 1 aromatic carbocycles. The van der Waals surface area contributed by atoms with Gasteiger partial charge in [-0.2, -0.15) is 11.8 Å². The van der Waals surface area contributed by atoms with Crippen LogP contribution in [0.3, 0.4) is 0 Å². The van der Waals surface area contributed by atoms with E-state index in [0.29, 0.717) is 6.04 Å². The minimum Gasteiger partial charge on any atom is -0.497 e. The lowest BCUT2D eigenvalue weighted by Crippen LogP contribution is -2.33. The lowest BCUT2D eigenvalue weighted by Gasteiger charge is -2.17. The molecule has 0 aliphatic carbocycles. The van der Waals surface area contributed by atoms with Crippen LogP contribution in [0.25, 0.3) is 0 Å². The van der Waals surface area contributed by atoms with Crippen LogP contribution in [0.2, 0.25) is 0 Å². The molecule has 0 fully saturated rings. The average molecular weight is 239 g/mol. The number of hydrogen-bond acceptors (Lipinski definition) is 3. The Morgan fingerprint density at radius 1 is 1.44 bits per heavy atom. The van der Waals surface area contributed by atoms with E-state index < -0.39 is 0 Å². The molecule has 0 saturated heterocycles. The molecule has 0 aliphatic rings. The summed E-state index contributed by atoms with van der Waals surface area (Å²) in [5.74, 6) is 2.09.